The van der Waals surface area contributed by atoms with Crippen LogP contribution in [0.5, 0.6) is 0 Å². The third-order valence-electron chi connectivity index (χ3n) is 4.56. The molecule has 1 aromatic carbocycles. The van der Waals surface area contributed by atoms with Crippen LogP contribution in [0.15, 0.2) is 30.8 Å². The fourth-order valence-electron chi connectivity index (χ4n) is 2.42. The molecular formula is C16H19NO3. The minimum atomic E-state index is -1.10. The second-order valence-electron chi connectivity index (χ2n) is 6.12. The van der Waals surface area contributed by atoms with Crippen molar-refractivity contribution in [3.05, 3.63) is 42.0 Å². The standard InChI is InChI=1S/C16H19NO3/c1-10-11-8-6-7-9-12(11)13(18)17(10)16(4,5)15(2,3)14(19)20/h6-9H,1H2,2-5H3,(H,19,20). The fraction of sp³-hybridized carbons (Fsp3) is 0.375. The normalized spacial score (nSPS) is 15.5. The summed E-state index contributed by atoms with van der Waals surface area (Å²) in [4.78, 5) is 25.6. The first-order valence-corrected chi connectivity index (χ1v) is 6.48. The van der Waals surface area contributed by atoms with E-state index in [2.05, 4.69) is 6.58 Å². The monoisotopic (exact) mass is 273 g/mol. The molecule has 1 N–H and O–H groups in total. The summed E-state index contributed by atoms with van der Waals surface area (Å²) in [6.45, 7) is 10.7. The van der Waals surface area contributed by atoms with Crippen LogP contribution in [0.2, 0.25) is 0 Å². The van der Waals surface area contributed by atoms with E-state index >= 15 is 0 Å². The topological polar surface area (TPSA) is 57.6 Å². The van der Waals surface area contributed by atoms with Gasteiger partial charge in [-0.25, -0.2) is 0 Å². The summed E-state index contributed by atoms with van der Waals surface area (Å²) in [6, 6.07) is 7.21. The molecule has 0 bridgehead atoms. The zero-order chi connectivity index (χ0) is 15.3. The van der Waals surface area contributed by atoms with Crippen LogP contribution in [0.25, 0.3) is 5.70 Å². The van der Waals surface area contributed by atoms with Crippen molar-refractivity contribution in [2.75, 3.05) is 0 Å². The molecule has 1 aliphatic rings. The zero-order valence-corrected chi connectivity index (χ0v) is 12.2. The van der Waals surface area contributed by atoms with Gasteiger partial charge in [-0.2, -0.15) is 0 Å². The summed E-state index contributed by atoms with van der Waals surface area (Å²) < 4.78 is 0. The van der Waals surface area contributed by atoms with E-state index in [0.29, 0.717) is 11.3 Å². The molecule has 0 saturated heterocycles. The van der Waals surface area contributed by atoms with Crippen molar-refractivity contribution in [2.24, 2.45) is 5.41 Å². The molecule has 0 aromatic heterocycles. The van der Waals surface area contributed by atoms with Crippen molar-refractivity contribution in [3.8, 4) is 0 Å². The molecular weight excluding hydrogens is 254 g/mol. The van der Waals surface area contributed by atoms with Gasteiger partial charge in [0.05, 0.1) is 11.0 Å². The number of fused-ring (bicyclic) bond motifs is 1. The molecule has 20 heavy (non-hydrogen) atoms. The van der Waals surface area contributed by atoms with E-state index in [1.807, 2.05) is 12.1 Å². The van der Waals surface area contributed by atoms with Gasteiger partial charge < -0.3 is 10.0 Å². The Morgan fingerprint density at radius 2 is 1.65 bits per heavy atom. The van der Waals surface area contributed by atoms with Gasteiger partial charge in [-0.15, -0.1) is 0 Å². The molecule has 0 aliphatic carbocycles. The van der Waals surface area contributed by atoms with Crippen molar-refractivity contribution in [1.29, 1.82) is 0 Å². The molecule has 0 saturated carbocycles. The number of carboxylic acids is 1. The Balaban J connectivity index is 2.54. The van der Waals surface area contributed by atoms with Gasteiger partial charge in [0.1, 0.15) is 0 Å². The Bertz CT molecular complexity index is 579. The lowest BCUT2D eigenvalue weighted by molar-refractivity contribution is -0.153. The molecule has 2 rings (SSSR count). The van der Waals surface area contributed by atoms with Gasteiger partial charge in [0.2, 0.25) is 0 Å². The largest absolute Gasteiger partial charge is 0.481 e. The van der Waals surface area contributed by atoms with E-state index in [-0.39, 0.29) is 5.91 Å². The van der Waals surface area contributed by atoms with Crippen molar-refractivity contribution >= 4 is 17.6 Å². The summed E-state index contributed by atoms with van der Waals surface area (Å²) in [5.74, 6) is -1.14. The molecule has 0 unspecified atom stereocenters. The van der Waals surface area contributed by atoms with E-state index in [9.17, 15) is 14.7 Å². The van der Waals surface area contributed by atoms with E-state index in [4.69, 9.17) is 0 Å². The Hall–Kier alpha value is -2.10. The van der Waals surface area contributed by atoms with Crippen LogP contribution in [0.3, 0.4) is 0 Å². The molecule has 1 heterocycles. The second-order valence-corrected chi connectivity index (χ2v) is 6.12. The van der Waals surface area contributed by atoms with Gasteiger partial charge in [-0.1, -0.05) is 24.8 Å². The molecule has 0 radical (unpaired) electrons. The lowest BCUT2D eigenvalue weighted by atomic mass is 9.73. The number of carbonyl (C=O) groups excluding carboxylic acids is 1. The number of hydrogen-bond acceptors (Lipinski definition) is 2. The Labute approximate surface area is 118 Å². The first-order valence-electron chi connectivity index (χ1n) is 6.48. The van der Waals surface area contributed by atoms with Gasteiger partial charge in [0, 0.05) is 16.8 Å². The lowest BCUT2D eigenvalue weighted by Gasteiger charge is -2.45. The van der Waals surface area contributed by atoms with Gasteiger partial charge in [0.25, 0.3) is 5.91 Å². The highest BCUT2D eigenvalue weighted by atomic mass is 16.4. The number of nitrogens with zero attached hydrogens (tertiary/aromatic N) is 1. The summed E-state index contributed by atoms with van der Waals surface area (Å²) in [5.41, 5.74) is -0.0944. The first-order chi connectivity index (χ1) is 9.12. The number of hydrogen-bond donors (Lipinski definition) is 1. The van der Waals surface area contributed by atoms with Gasteiger partial charge >= 0.3 is 5.97 Å². The first kappa shape index (κ1) is 14.3. The highest BCUT2D eigenvalue weighted by Gasteiger charge is 2.52. The minimum absolute atomic E-state index is 0.190. The Morgan fingerprint density at radius 3 is 2.10 bits per heavy atom. The van der Waals surface area contributed by atoms with Crippen LogP contribution >= 0.6 is 0 Å². The molecule has 1 amide bonds. The SMILES string of the molecule is C=C1c2ccccc2C(=O)N1C(C)(C)C(C)(C)C(=O)O. The van der Waals surface area contributed by atoms with Gasteiger partial charge in [-0.3, -0.25) is 9.59 Å². The fourth-order valence-corrected chi connectivity index (χ4v) is 2.42. The number of amides is 1. The van der Waals surface area contributed by atoms with E-state index in [0.717, 1.165) is 5.56 Å². The summed E-state index contributed by atoms with van der Waals surface area (Å²) in [6.07, 6.45) is 0. The van der Waals surface area contributed by atoms with Crippen LogP contribution in [-0.2, 0) is 4.79 Å². The number of aliphatic carboxylic acids is 1. The lowest BCUT2D eigenvalue weighted by Crippen LogP contribution is -2.56. The molecule has 4 nitrogen and oxygen atoms in total. The predicted octanol–water partition coefficient (Wildman–Crippen LogP) is 3.00. The highest BCUT2D eigenvalue weighted by Crippen LogP contribution is 2.44. The third kappa shape index (κ3) is 1.68. The number of benzene rings is 1. The molecule has 4 heteroatoms. The van der Waals surface area contributed by atoms with E-state index in [1.165, 1.54) is 4.90 Å². The maximum absolute atomic E-state index is 12.6. The maximum Gasteiger partial charge on any atom is 0.311 e. The quantitative estimate of drug-likeness (QED) is 0.921. The van der Waals surface area contributed by atoms with Gasteiger partial charge in [0.15, 0.2) is 0 Å². The van der Waals surface area contributed by atoms with Crippen molar-refractivity contribution in [1.82, 2.24) is 4.90 Å². The number of rotatable bonds is 3. The minimum Gasteiger partial charge on any atom is -0.481 e. The van der Waals surface area contributed by atoms with Crippen molar-refractivity contribution in [2.45, 2.75) is 33.2 Å². The predicted molar refractivity (Wildman–Crippen MR) is 77.1 cm³/mol. The number of carbonyl (C=O) groups is 2. The van der Waals surface area contributed by atoms with Crippen molar-refractivity contribution in [3.63, 3.8) is 0 Å². The molecule has 1 aliphatic heterocycles. The van der Waals surface area contributed by atoms with Crippen molar-refractivity contribution < 1.29 is 14.7 Å². The number of carboxylic acid groups (broad SMARTS) is 1. The van der Waals surface area contributed by atoms with Crippen LogP contribution < -0.4 is 0 Å². The van der Waals surface area contributed by atoms with Crippen LogP contribution in [0.1, 0.15) is 43.6 Å². The molecule has 0 atom stereocenters. The molecule has 1 aromatic rings. The molecule has 0 fully saturated rings. The smallest absolute Gasteiger partial charge is 0.311 e. The Morgan fingerprint density at radius 1 is 1.15 bits per heavy atom. The summed E-state index contributed by atoms with van der Waals surface area (Å²) >= 11 is 0. The van der Waals surface area contributed by atoms with Crippen LogP contribution in [0.4, 0.5) is 0 Å². The second kappa shape index (κ2) is 4.20. The molecule has 106 valence electrons. The van der Waals surface area contributed by atoms with E-state index < -0.39 is 16.9 Å². The van der Waals surface area contributed by atoms with Gasteiger partial charge in [-0.05, 0) is 33.8 Å². The maximum atomic E-state index is 12.6. The average molecular weight is 273 g/mol. The summed E-state index contributed by atoms with van der Waals surface area (Å²) in [5, 5.41) is 9.46. The van der Waals surface area contributed by atoms with E-state index in [1.54, 1.807) is 39.8 Å². The Kier molecular flexibility index (Phi) is 3.00. The van der Waals surface area contributed by atoms with Crippen LogP contribution in [-0.4, -0.2) is 27.4 Å². The molecule has 0 spiro atoms. The average Bonchev–Trinajstić information content (AvgIpc) is 2.62. The zero-order valence-electron chi connectivity index (χ0n) is 12.2. The highest BCUT2D eigenvalue weighted by molar-refractivity contribution is 6.09. The van der Waals surface area contributed by atoms with Crippen LogP contribution in [0, 0.1) is 5.41 Å². The summed E-state index contributed by atoms with van der Waals surface area (Å²) in [7, 11) is 0. The third-order valence-corrected chi connectivity index (χ3v) is 4.56.